The molecule has 0 saturated carbocycles. The van der Waals surface area contributed by atoms with Gasteiger partial charge in [0.25, 0.3) is 0 Å². The second kappa shape index (κ2) is 8.72. The number of carbonyl (C=O) groups is 3. The van der Waals surface area contributed by atoms with Crippen molar-refractivity contribution >= 4 is 18.0 Å². The van der Waals surface area contributed by atoms with E-state index in [2.05, 4.69) is 10.6 Å². The molecule has 2 amide bonds. The second-order valence-electron chi connectivity index (χ2n) is 5.20. The molecular formula is C17H20N2O6. The van der Waals surface area contributed by atoms with Crippen LogP contribution in [0.25, 0.3) is 0 Å². The first-order valence-corrected chi connectivity index (χ1v) is 7.82. The van der Waals surface area contributed by atoms with Crippen molar-refractivity contribution in [3.63, 3.8) is 0 Å². The molecule has 1 aromatic carbocycles. The van der Waals surface area contributed by atoms with Crippen LogP contribution in [0.2, 0.25) is 0 Å². The minimum absolute atomic E-state index is 0.195. The lowest BCUT2D eigenvalue weighted by Gasteiger charge is -2.26. The number of carbonyl (C=O) groups excluding carboxylic acids is 3. The number of ether oxygens (including phenoxy) is 3. The maximum absolute atomic E-state index is 12.0. The van der Waals surface area contributed by atoms with Gasteiger partial charge >= 0.3 is 18.0 Å². The number of hydrogen-bond donors (Lipinski definition) is 2. The van der Waals surface area contributed by atoms with Crippen LogP contribution < -0.4 is 15.4 Å². The minimum Gasteiger partial charge on any atom is -0.482 e. The molecule has 8 heteroatoms. The van der Waals surface area contributed by atoms with Gasteiger partial charge in [-0.1, -0.05) is 18.2 Å². The van der Waals surface area contributed by atoms with Crippen LogP contribution >= 0.6 is 0 Å². The van der Waals surface area contributed by atoms with E-state index in [1.807, 2.05) is 6.07 Å². The Morgan fingerprint density at radius 3 is 2.56 bits per heavy atom. The highest BCUT2D eigenvalue weighted by atomic mass is 16.6. The minimum atomic E-state index is -0.625. The van der Waals surface area contributed by atoms with Crippen molar-refractivity contribution in [3.05, 3.63) is 41.6 Å². The van der Waals surface area contributed by atoms with Crippen LogP contribution in [0, 0.1) is 0 Å². The summed E-state index contributed by atoms with van der Waals surface area (Å²) in [5.41, 5.74) is 0.418. The van der Waals surface area contributed by atoms with Crippen LogP contribution in [0.1, 0.15) is 13.8 Å². The molecule has 25 heavy (non-hydrogen) atoms. The van der Waals surface area contributed by atoms with Gasteiger partial charge in [-0.15, -0.1) is 0 Å². The topological polar surface area (TPSA) is 103 Å². The van der Waals surface area contributed by atoms with E-state index < -0.39 is 24.0 Å². The Balaban J connectivity index is 1.97. The van der Waals surface area contributed by atoms with Crippen molar-refractivity contribution in [1.29, 1.82) is 0 Å². The highest BCUT2D eigenvalue weighted by Gasteiger charge is 2.30. The number of benzene rings is 1. The van der Waals surface area contributed by atoms with E-state index in [-0.39, 0.29) is 31.1 Å². The molecule has 0 spiro atoms. The fraction of sp³-hybridized carbons (Fsp3) is 0.353. The molecule has 0 aliphatic carbocycles. The number of para-hydroxylation sites is 1. The lowest BCUT2D eigenvalue weighted by molar-refractivity contribution is -0.145. The average molecular weight is 348 g/mol. The summed E-state index contributed by atoms with van der Waals surface area (Å²) in [4.78, 5) is 35.4. The molecule has 134 valence electrons. The van der Waals surface area contributed by atoms with E-state index >= 15 is 0 Å². The molecule has 1 atom stereocenters. The molecule has 1 aliphatic rings. The Kier molecular flexibility index (Phi) is 6.39. The summed E-state index contributed by atoms with van der Waals surface area (Å²) in [6, 6.07) is 7.78. The van der Waals surface area contributed by atoms with E-state index in [1.165, 1.54) is 0 Å². The van der Waals surface area contributed by atoms with Crippen LogP contribution in [0.5, 0.6) is 5.75 Å². The van der Waals surface area contributed by atoms with Crippen LogP contribution in [-0.2, 0) is 19.1 Å². The zero-order valence-electron chi connectivity index (χ0n) is 14.0. The van der Waals surface area contributed by atoms with Crippen LogP contribution in [0.4, 0.5) is 4.79 Å². The van der Waals surface area contributed by atoms with Gasteiger partial charge in [-0.05, 0) is 26.0 Å². The summed E-state index contributed by atoms with van der Waals surface area (Å²) in [6.45, 7) is 2.97. The number of urea groups is 1. The number of hydrogen-bond acceptors (Lipinski definition) is 6. The van der Waals surface area contributed by atoms with E-state index in [0.717, 1.165) is 0 Å². The van der Waals surface area contributed by atoms with Gasteiger partial charge in [0.15, 0.2) is 6.61 Å². The van der Waals surface area contributed by atoms with E-state index in [4.69, 9.17) is 14.2 Å². The Hall–Kier alpha value is -3.03. The van der Waals surface area contributed by atoms with Gasteiger partial charge in [0, 0.05) is 0 Å². The molecule has 0 saturated heterocycles. The smallest absolute Gasteiger partial charge is 0.344 e. The third-order valence-electron chi connectivity index (χ3n) is 3.34. The second-order valence-corrected chi connectivity index (χ2v) is 5.20. The van der Waals surface area contributed by atoms with Crippen molar-refractivity contribution in [1.82, 2.24) is 10.6 Å². The summed E-state index contributed by atoms with van der Waals surface area (Å²) < 4.78 is 15.3. The molecule has 8 nitrogen and oxygen atoms in total. The highest BCUT2D eigenvalue weighted by molar-refractivity contribution is 5.94. The van der Waals surface area contributed by atoms with Gasteiger partial charge in [0.1, 0.15) is 12.4 Å². The molecule has 1 aliphatic heterocycles. The van der Waals surface area contributed by atoms with Crippen LogP contribution in [0.3, 0.4) is 0 Å². The van der Waals surface area contributed by atoms with E-state index in [9.17, 15) is 14.4 Å². The zero-order valence-corrected chi connectivity index (χ0v) is 14.0. The van der Waals surface area contributed by atoms with Crippen LogP contribution in [0.15, 0.2) is 41.6 Å². The van der Waals surface area contributed by atoms with Gasteiger partial charge in [-0.25, -0.2) is 14.4 Å². The molecule has 2 rings (SSSR count). The normalized spacial score (nSPS) is 16.6. The van der Waals surface area contributed by atoms with Gasteiger partial charge in [0.2, 0.25) is 0 Å². The van der Waals surface area contributed by atoms with Gasteiger partial charge in [0.05, 0.1) is 23.9 Å². The highest BCUT2D eigenvalue weighted by Crippen LogP contribution is 2.15. The monoisotopic (exact) mass is 348 g/mol. The van der Waals surface area contributed by atoms with E-state index in [0.29, 0.717) is 5.75 Å². The third kappa shape index (κ3) is 5.23. The molecule has 2 N–H and O–H groups in total. The summed E-state index contributed by atoms with van der Waals surface area (Å²) in [5.74, 6) is -0.663. The first-order chi connectivity index (χ1) is 12.0. The molecule has 1 aromatic rings. The number of nitrogens with one attached hydrogen (secondary N) is 2. The maximum Gasteiger partial charge on any atom is 0.344 e. The maximum atomic E-state index is 12.0. The summed E-state index contributed by atoms with van der Waals surface area (Å²) in [5, 5.41) is 5.04. The Bertz CT molecular complexity index is 671. The van der Waals surface area contributed by atoms with E-state index in [1.54, 1.807) is 38.1 Å². The molecule has 0 bridgehead atoms. The number of amides is 2. The van der Waals surface area contributed by atoms with Crippen molar-refractivity contribution in [3.8, 4) is 5.75 Å². The van der Waals surface area contributed by atoms with Gasteiger partial charge in [-0.2, -0.15) is 0 Å². The molecule has 0 radical (unpaired) electrons. The average Bonchev–Trinajstić information content (AvgIpc) is 2.58. The van der Waals surface area contributed by atoms with Crippen molar-refractivity contribution in [2.24, 2.45) is 0 Å². The molecule has 0 unspecified atom stereocenters. The fourth-order valence-corrected chi connectivity index (χ4v) is 2.25. The van der Waals surface area contributed by atoms with Crippen molar-refractivity contribution < 1.29 is 28.6 Å². The fourth-order valence-electron chi connectivity index (χ4n) is 2.25. The number of esters is 2. The van der Waals surface area contributed by atoms with Gasteiger partial charge < -0.3 is 24.8 Å². The summed E-state index contributed by atoms with van der Waals surface area (Å²) >= 11 is 0. The quantitative estimate of drug-likeness (QED) is 0.716. The Labute approximate surface area is 145 Å². The standard InChI is InChI=1S/C17H20N2O6/c1-3-23-16(21)15-11(2)18-17(22)19-13(15)9-25-14(20)10-24-12-7-5-4-6-8-12/h4-8,11H,3,9-10H2,1-2H3,(H2,18,19,22)/t11-/m1/s1. The number of rotatable bonds is 7. The lowest BCUT2D eigenvalue weighted by atomic mass is 10.0. The molecule has 0 fully saturated rings. The third-order valence-corrected chi connectivity index (χ3v) is 3.34. The SMILES string of the molecule is CCOC(=O)C1=C(COC(=O)COc2ccccc2)NC(=O)N[C@@H]1C. The first kappa shape index (κ1) is 18.3. The predicted octanol–water partition coefficient (Wildman–Crippen LogP) is 1.13. The van der Waals surface area contributed by atoms with Crippen molar-refractivity contribution in [2.45, 2.75) is 19.9 Å². The predicted molar refractivity (Wildman–Crippen MR) is 87.7 cm³/mol. The Morgan fingerprint density at radius 1 is 1.16 bits per heavy atom. The largest absolute Gasteiger partial charge is 0.482 e. The van der Waals surface area contributed by atoms with Gasteiger partial charge in [-0.3, -0.25) is 0 Å². The molecule has 0 aromatic heterocycles. The molecular weight excluding hydrogens is 328 g/mol. The first-order valence-electron chi connectivity index (χ1n) is 7.82. The van der Waals surface area contributed by atoms with Crippen LogP contribution in [-0.4, -0.2) is 43.8 Å². The Morgan fingerprint density at radius 2 is 1.88 bits per heavy atom. The molecule has 1 heterocycles. The lowest BCUT2D eigenvalue weighted by Crippen LogP contribution is -2.50. The summed E-state index contributed by atoms with van der Waals surface area (Å²) in [6.07, 6.45) is 0. The van der Waals surface area contributed by atoms with Crippen molar-refractivity contribution in [2.75, 3.05) is 19.8 Å². The summed E-state index contributed by atoms with van der Waals surface area (Å²) in [7, 11) is 0. The zero-order chi connectivity index (χ0) is 18.2.